The fourth-order valence-corrected chi connectivity index (χ4v) is 2.40. The van der Waals surface area contributed by atoms with E-state index in [4.69, 9.17) is 27.9 Å². The van der Waals surface area contributed by atoms with Crippen molar-refractivity contribution in [3.05, 3.63) is 40.4 Å². The summed E-state index contributed by atoms with van der Waals surface area (Å²) in [4.78, 5) is 23.3. The summed E-state index contributed by atoms with van der Waals surface area (Å²) in [6.07, 6.45) is 6.31. The highest BCUT2D eigenvalue weighted by atomic mass is 35.5. The van der Waals surface area contributed by atoms with Crippen LogP contribution in [0.5, 0.6) is 0 Å². The Balaban J connectivity index is 1.77. The Morgan fingerprint density at radius 1 is 1.33 bits per heavy atom. The molecule has 0 radical (unpaired) electrons. The van der Waals surface area contributed by atoms with E-state index >= 15 is 0 Å². The number of allylic oxidation sites excluding steroid dienone is 2. The third-order valence-electron chi connectivity index (χ3n) is 3.11. The average Bonchev–Trinajstić information content (AvgIpc) is 2.93. The van der Waals surface area contributed by atoms with Crippen molar-refractivity contribution in [1.82, 2.24) is 0 Å². The number of amides is 1. The third kappa shape index (κ3) is 5.06. The number of anilines is 1. The highest BCUT2D eigenvalue weighted by Gasteiger charge is 2.16. The van der Waals surface area contributed by atoms with Gasteiger partial charge >= 0.3 is 5.97 Å². The maximum atomic E-state index is 11.7. The lowest BCUT2D eigenvalue weighted by atomic mass is 10.1. The Hall–Kier alpha value is -1.52. The molecule has 0 bridgehead atoms. The van der Waals surface area contributed by atoms with Crippen molar-refractivity contribution >= 4 is 40.8 Å². The number of hydrogen-bond donors (Lipinski definition) is 1. The zero-order valence-corrected chi connectivity index (χ0v) is 12.8. The molecule has 0 aromatic heterocycles. The van der Waals surface area contributed by atoms with Crippen LogP contribution in [-0.4, -0.2) is 18.5 Å². The fraction of sp³-hybridized carbons (Fsp3) is 0.333. The normalized spacial score (nSPS) is 16.8. The molecule has 6 heteroatoms. The second-order valence-electron chi connectivity index (χ2n) is 4.80. The largest absolute Gasteiger partial charge is 0.456 e. The molecule has 1 aliphatic carbocycles. The zero-order chi connectivity index (χ0) is 15.2. The van der Waals surface area contributed by atoms with Crippen LogP contribution in [0.4, 0.5) is 5.69 Å². The zero-order valence-electron chi connectivity index (χ0n) is 11.3. The number of carbonyl (C=O) groups excluding carboxylic acids is 2. The van der Waals surface area contributed by atoms with Gasteiger partial charge in [-0.15, -0.1) is 0 Å². The Morgan fingerprint density at radius 3 is 2.86 bits per heavy atom. The summed E-state index contributed by atoms with van der Waals surface area (Å²) in [5.74, 6) is -0.601. The SMILES string of the molecule is O=C(COC(=O)C[C@@H]1C=CCC1)Nc1cc(Cl)ccc1Cl. The molecule has 1 aliphatic rings. The van der Waals surface area contributed by atoms with Crippen LogP contribution in [-0.2, 0) is 14.3 Å². The molecule has 0 heterocycles. The first-order chi connectivity index (χ1) is 10.0. The summed E-state index contributed by atoms with van der Waals surface area (Å²) in [7, 11) is 0. The van der Waals surface area contributed by atoms with Gasteiger partial charge in [-0.25, -0.2) is 0 Å². The number of ether oxygens (including phenoxy) is 1. The van der Waals surface area contributed by atoms with Crippen LogP contribution in [0.15, 0.2) is 30.4 Å². The molecule has 0 saturated heterocycles. The molecule has 1 aromatic carbocycles. The number of hydrogen-bond acceptors (Lipinski definition) is 3. The average molecular weight is 328 g/mol. The summed E-state index contributed by atoms with van der Waals surface area (Å²) < 4.78 is 4.95. The van der Waals surface area contributed by atoms with Crippen LogP contribution in [0.1, 0.15) is 19.3 Å². The van der Waals surface area contributed by atoms with E-state index in [1.165, 1.54) is 6.07 Å². The minimum absolute atomic E-state index is 0.225. The molecule has 1 atom stereocenters. The number of rotatable bonds is 5. The van der Waals surface area contributed by atoms with E-state index in [-0.39, 0.29) is 18.5 Å². The molecule has 0 fully saturated rings. The van der Waals surface area contributed by atoms with Crippen LogP contribution in [0.2, 0.25) is 10.0 Å². The number of halogens is 2. The molecule has 112 valence electrons. The first kappa shape index (κ1) is 15.9. The lowest BCUT2D eigenvalue weighted by Crippen LogP contribution is -2.21. The smallest absolute Gasteiger partial charge is 0.306 e. The van der Waals surface area contributed by atoms with Crippen molar-refractivity contribution < 1.29 is 14.3 Å². The topological polar surface area (TPSA) is 55.4 Å². The molecular weight excluding hydrogens is 313 g/mol. The van der Waals surface area contributed by atoms with Gasteiger partial charge in [0.2, 0.25) is 0 Å². The van der Waals surface area contributed by atoms with Gasteiger partial charge in [0.1, 0.15) is 0 Å². The summed E-state index contributed by atoms with van der Waals surface area (Å²) >= 11 is 11.7. The third-order valence-corrected chi connectivity index (χ3v) is 3.67. The van der Waals surface area contributed by atoms with Gasteiger partial charge in [-0.05, 0) is 37.0 Å². The van der Waals surface area contributed by atoms with E-state index in [9.17, 15) is 9.59 Å². The predicted octanol–water partition coefficient (Wildman–Crippen LogP) is 3.83. The summed E-state index contributed by atoms with van der Waals surface area (Å²) in [5.41, 5.74) is 0.393. The first-order valence-corrected chi connectivity index (χ1v) is 7.37. The molecule has 0 aliphatic heterocycles. The quantitative estimate of drug-likeness (QED) is 0.660. The van der Waals surface area contributed by atoms with Crippen molar-refractivity contribution in [2.75, 3.05) is 11.9 Å². The molecule has 1 N–H and O–H groups in total. The van der Waals surface area contributed by atoms with Crippen LogP contribution in [0.3, 0.4) is 0 Å². The monoisotopic (exact) mass is 327 g/mol. The van der Waals surface area contributed by atoms with E-state index in [1.807, 2.05) is 12.2 Å². The minimum atomic E-state index is -0.450. The molecule has 0 saturated carbocycles. The fourth-order valence-electron chi connectivity index (χ4n) is 2.06. The van der Waals surface area contributed by atoms with E-state index in [1.54, 1.807) is 12.1 Å². The van der Waals surface area contributed by atoms with Crippen molar-refractivity contribution in [3.8, 4) is 0 Å². The minimum Gasteiger partial charge on any atom is -0.456 e. The predicted molar refractivity (Wildman–Crippen MR) is 82.5 cm³/mol. The summed E-state index contributed by atoms with van der Waals surface area (Å²) in [5, 5.41) is 3.38. The second-order valence-corrected chi connectivity index (χ2v) is 5.65. The van der Waals surface area contributed by atoms with Gasteiger partial charge in [0, 0.05) is 5.02 Å². The molecule has 0 unspecified atom stereocenters. The van der Waals surface area contributed by atoms with Crippen LogP contribution in [0.25, 0.3) is 0 Å². The van der Waals surface area contributed by atoms with Gasteiger partial charge < -0.3 is 10.1 Å². The first-order valence-electron chi connectivity index (χ1n) is 6.62. The van der Waals surface area contributed by atoms with E-state index in [0.717, 1.165) is 12.8 Å². The van der Waals surface area contributed by atoms with Gasteiger partial charge in [0.15, 0.2) is 6.61 Å². The Kier molecular flexibility index (Phi) is 5.65. The number of nitrogens with one attached hydrogen (secondary N) is 1. The Bertz CT molecular complexity index is 572. The second kappa shape index (κ2) is 7.48. The number of carbonyl (C=O) groups is 2. The van der Waals surface area contributed by atoms with E-state index in [0.29, 0.717) is 22.2 Å². The highest BCUT2D eigenvalue weighted by Crippen LogP contribution is 2.25. The molecule has 0 spiro atoms. The number of benzene rings is 1. The van der Waals surface area contributed by atoms with E-state index in [2.05, 4.69) is 5.32 Å². The molecule has 1 amide bonds. The van der Waals surface area contributed by atoms with Gasteiger partial charge in [-0.2, -0.15) is 0 Å². The Labute approximate surface area is 133 Å². The van der Waals surface area contributed by atoms with Crippen molar-refractivity contribution in [2.24, 2.45) is 5.92 Å². The van der Waals surface area contributed by atoms with Crippen molar-refractivity contribution in [2.45, 2.75) is 19.3 Å². The lowest BCUT2D eigenvalue weighted by molar-refractivity contribution is -0.147. The molecule has 1 aromatic rings. The van der Waals surface area contributed by atoms with Crippen molar-refractivity contribution in [1.29, 1.82) is 0 Å². The molecular formula is C15H15Cl2NO3. The highest BCUT2D eigenvalue weighted by molar-refractivity contribution is 6.35. The Morgan fingerprint density at radius 2 is 2.14 bits per heavy atom. The summed E-state index contributed by atoms with van der Waals surface area (Å²) in [6.45, 7) is -0.335. The molecule has 21 heavy (non-hydrogen) atoms. The van der Waals surface area contributed by atoms with Gasteiger partial charge in [0.05, 0.1) is 17.1 Å². The van der Waals surface area contributed by atoms with Crippen LogP contribution in [0, 0.1) is 5.92 Å². The van der Waals surface area contributed by atoms with Gasteiger partial charge in [-0.3, -0.25) is 9.59 Å². The summed E-state index contributed by atoms with van der Waals surface area (Å²) in [6, 6.07) is 4.74. The molecule has 2 rings (SSSR count). The van der Waals surface area contributed by atoms with Gasteiger partial charge in [-0.1, -0.05) is 35.4 Å². The maximum Gasteiger partial charge on any atom is 0.306 e. The van der Waals surface area contributed by atoms with Crippen LogP contribution >= 0.6 is 23.2 Å². The van der Waals surface area contributed by atoms with E-state index < -0.39 is 5.91 Å². The molecule has 4 nitrogen and oxygen atoms in total. The standard InChI is InChI=1S/C15H15Cl2NO3/c16-11-5-6-12(17)13(8-11)18-14(19)9-21-15(20)7-10-3-1-2-4-10/h1,3,5-6,8,10H,2,4,7,9H2,(H,18,19)/t10-/m1/s1. The van der Waals surface area contributed by atoms with Crippen LogP contribution < -0.4 is 5.32 Å². The number of esters is 1. The lowest BCUT2D eigenvalue weighted by Gasteiger charge is -2.10. The van der Waals surface area contributed by atoms with Gasteiger partial charge in [0.25, 0.3) is 5.91 Å². The van der Waals surface area contributed by atoms with Crippen molar-refractivity contribution in [3.63, 3.8) is 0 Å². The maximum absolute atomic E-state index is 11.7.